The zero-order chi connectivity index (χ0) is 19.9. The number of nitrogens with zero attached hydrogens (tertiary/aromatic N) is 2. The van der Waals surface area contributed by atoms with E-state index >= 15 is 0 Å². The zero-order valence-corrected chi connectivity index (χ0v) is 15.7. The molecule has 0 radical (unpaired) electrons. The highest BCUT2D eigenvalue weighted by Gasteiger charge is 2.22. The monoisotopic (exact) mass is 386 g/mol. The molecule has 28 heavy (non-hydrogen) atoms. The van der Waals surface area contributed by atoms with Crippen LogP contribution < -0.4 is 15.4 Å². The van der Waals surface area contributed by atoms with Crippen LogP contribution in [0.5, 0.6) is 5.75 Å². The molecule has 0 unspecified atom stereocenters. The summed E-state index contributed by atoms with van der Waals surface area (Å²) in [4.78, 5) is 28.2. The summed E-state index contributed by atoms with van der Waals surface area (Å²) in [6, 6.07) is 12.7. The summed E-state index contributed by atoms with van der Waals surface area (Å²) in [7, 11) is 1.58. The Morgan fingerprint density at radius 3 is 2.39 bits per heavy atom. The molecule has 148 valence electrons. The van der Waals surface area contributed by atoms with Gasteiger partial charge in [-0.15, -0.1) is 0 Å². The molecule has 2 aromatic carbocycles. The van der Waals surface area contributed by atoms with Gasteiger partial charge in [0.1, 0.15) is 11.6 Å². The third-order valence-electron chi connectivity index (χ3n) is 4.48. The van der Waals surface area contributed by atoms with E-state index in [1.54, 1.807) is 24.1 Å². The van der Waals surface area contributed by atoms with Crippen molar-refractivity contribution in [1.82, 2.24) is 9.80 Å². The first kappa shape index (κ1) is 19.6. The van der Waals surface area contributed by atoms with Crippen LogP contribution in [0.25, 0.3) is 0 Å². The van der Waals surface area contributed by atoms with E-state index in [1.807, 2.05) is 17.0 Å². The lowest BCUT2D eigenvalue weighted by molar-refractivity contribution is -0.117. The van der Waals surface area contributed by atoms with E-state index in [9.17, 15) is 14.0 Å². The Bertz CT molecular complexity index is 820. The van der Waals surface area contributed by atoms with Gasteiger partial charge >= 0.3 is 6.03 Å². The Hall–Kier alpha value is -3.13. The predicted octanol–water partition coefficient (Wildman–Crippen LogP) is 2.62. The number of carbonyl (C=O) groups is 2. The number of rotatable bonds is 5. The summed E-state index contributed by atoms with van der Waals surface area (Å²) in [6.07, 6.45) is 0. The molecule has 7 nitrogen and oxygen atoms in total. The van der Waals surface area contributed by atoms with Gasteiger partial charge in [-0.2, -0.15) is 0 Å². The Morgan fingerprint density at radius 1 is 1.00 bits per heavy atom. The maximum Gasteiger partial charge on any atom is 0.321 e. The Kier molecular flexibility index (Phi) is 6.44. The largest absolute Gasteiger partial charge is 0.497 e. The van der Waals surface area contributed by atoms with Gasteiger partial charge in [-0.1, -0.05) is 6.07 Å². The van der Waals surface area contributed by atoms with Gasteiger partial charge in [-0.25, -0.2) is 9.18 Å². The topological polar surface area (TPSA) is 73.9 Å². The molecule has 0 atom stereocenters. The fourth-order valence-corrected chi connectivity index (χ4v) is 2.95. The minimum absolute atomic E-state index is 0.166. The average molecular weight is 386 g/mol. The second-order valence-electron chi connectivity index (χ2n) is 6.48. The molecule has 1 aliphatic rings. The van der Waals surface area contributed by atoms with E-state index < -0.39 is 0 Å². The molecule has 3 rings (SSSR count). The highest BCUT2D eigenvalue weighted by Crippen LogP contribution is 2.17. The van der Waals surface area contributed by atoms with Crippen LogP contribution in [0.15, 0.2) is 48.5 Å². The van der Waals surface area contributed by atoms with Crippen LogP contribution in [0.1, 0.15) is 0 Å². The molecule has 0 bridgehead atoms. The van der Waals surface area contributed by atoms with Gasteiger partial charge in [0.25, 0.3) is 0 Å². The number of hydrogen-bond acceptors (Lipinski definition) is 4. The van der Waals surface area contributed by atoms with E-state index in [-0.39, 0.29) is 24.3 Å². The number of amides is 3. The third-order valence-corrected chi connectivity index (χ3v) is 4.48. The third kappa shape index (κ3) is 5.43. The van der Waals surface area contributed by atoms with E-state index in [1.165, 1.54) is 24.3 Å². The summed E-state index contributed by atoms with van der Waals surface area (Å²) in [5.41, 5.74) is 1.23. The number of piperazine rings is 1. The van der Waals surface area contributed by atoms with E-state index in [4.69, 9.17) is 4.74 Å². The maximum atomic E-state index is 12.9. The molecule has 1 aliphatic heterocycles. The Balaban J connectivity index is 1.43. The Morgan fingerprint density at radius 2 is 1.71 bits per heavy atom. The molecule has 8 heteroatoms. The molecular weight excluding hydrogens is 363 g/mol. The SMILES string of the molecule is COc1cccc(NC(=O)N2CCN(CC(=O)Nc3ccc(F)cc3)CC2)c1. The number of methoxy groups -OCH3 is 1. The van der Waals surface area contributed by atoms with Crippen LogP contribution in [0.2, 0.25) is 0 Å². The highest BCUT2D eigenvalue weighted by molar-refractivity contribution is 5.92. The molecule has 0 aromatic heterocycles. The van der Waals surface area contributed by atoms with Crippen molar-refractivity contribution in [2.24, 2.45) is 0 Å². The fourth-order valence-electron chi connectivity index (χ4n) is 2.95. The molecule has 3 amide bonds. The van der Waals surface area contributed by atoms with E-state index in [0.717, 1.165) is 0 Å². The molecule has 2 N–H and O–H groups in total. The molecule has 2 aromatic rings. The van der Waals surface area contributed by atoms with Gasteiger partial charge in [0.15, 0.2) is 0 Å². The van der Waals surface area contributed by atoms with Crippen LogP contribution in [-0.4, -0.2) is 61.6 Å². The second kappa shape index (κ2) is 9.18. The fraction of sp³-hybridized carbons (Fsp3) is 0.300. The van der Waals surface area contributed by atoms with E-state index in [0.29, 0.717) is 43.3 Å². The summed E-state index contributed by atoms with van der Waals surface area (Å²) in [5.74, 6) is 0.164. The lowest BCUT2D eigenvalue weighted by Crippen LogP contribution is -2.51. The molecule has 0 spiro atoms. The molecule has 1 fully saturated rings. The number of halogens is 1. The van der Waals surface area contributed by atoms with Crippen molar-refractivity contribution in [3.05, 3.63) is 54.3 Å². The van der Waals surface area contributed by atoms with Crippen LogP contribution in [-0.2, 0) is 4.79 Å². The van der Waals surface area contributed by atoms with Crippen LogP contribution in [0.4, 0.5) is 20.6 Å². The standard InChI is InChI=1S/C20H23FN4O3/c1-28-18-4-2-3-17(13-18)23-20(27)25-11-9-24(10-12-25)14-19(26)22-16-7-5-15(21)6-8-16/h2-8,13H,9-12,14H2,1H3,(H,22,26)(H,23,27). The molecular formula is C20H23FN4O3. The van der Waals surface area contributed by atoms with Crippen LogP contribution >= 0.6 is 0 Å². The van der Waals surface area contributed by atoms with Crippen molar-refractivity contribution in [3.8, 4) is 5.75 Å². The van der Waals surface area contributed by atoms with Gasteiger partial charge in [0.2, 0.25) is 5.91 Å². The summed E-state index contributed by atoms with van der Waals surface area (Å²) < 4.78 is 18.1. The van der Waals surface area contributed by atoms with Crippen LogP contribution in [0.3, 0.4) is 0 Å². The van der Waals surface area contributed by atoms with Crippen molar-refractivity contribution in [3.63, 3.8) is 0 Å². The smallest absolute Gasteiger partial charge is 0.321 e. The number of ether oxygens (including phenoxy) is 1. The van der Waals surface area contributed by atoms with Gasteiger partial charge in [0.05, 0.1) is 13.7 Å². The van der Waals surface area contributed by atoms with Gasteiger partial charge in [-0.3, -0.25) is 9.69 Å². The van der Waals surface area contributed by atoms with Crippen molar-refractivity contribution < 1.29 is 18.7 Å². The maximum absolute atomic E-state index is 12.9. The number of hydrogen-bond donors (Lipinski definition) is 2. The zero-order valence-electron chi connectivity index (χ0n) is 15.7. The van der Waals surface area contributed by atoms with Gasteiger partial charge < -0.3 is 20.3 Å². The van der Waals surface area contributed by atoms with Crippen LogP contribution in [0, 0.1) is 5.82 Å². The number of nitrogens with one attached hydrogen (secondary N) is 2. The number of anilines is 2. The summed E-state index contributed by atoms with van der Waals surface area (Å²) in [5, 5.41) is 5.60. The van der Waals surface area contributed by atoms with Crippen molar-refractivity contribution >= 4 is 23.3 Å². The minimum Gasteiger partial charge on any atom is -0.497 e. The first-order valence-corrected chi connectivity index (χ1v) is 9.01. The second-order valence-corrected chi connectivity index (χ2v) is 6.48. The summed E-state index contributed by atoms with van der Waals surface area (Å²) >= 11 is 0. The molecule has 0 saturated carbocycles. The van der Waals surface area contributed by atoms with Crippen molar-refractivity contribution in [2.45, 2.75) is 0 Å². The highest BCUT2D eigenvalue weighted by atomic mass is 19.1. The summed E-state index contributed by atoms with van der Waals surface area (Å²) in [6.45, 7) is 2.48. The minimum atomic E-state index is -0.346. The van der Waals surface area contributed by atoms with E-state index in [2.05, 4.69) is 10.6 Å². The Labute approximate surface area is 163 Å². The van der Waals surface area contributed by atoms with Gasteiger partial charge in [0, 0.05) is 43.6 Å². The van der Waals surface area contributed by atoms with Crippen molar-refractivity contribution in [2.75, 3.05) is 50.5 Å². The molecule has 0 aliphatic carbocycles. The first-order valence-electron chi connectivity index (χ1n) is 9.01. The number of benzene rings is 2. The number of carbonyl (C=O) groups excluding carboxylic acids is 2. The van der Waals surface area contributed by atoms with Gasteiger partial charge in [-0.05, 0) is 36.4 Å². The lowest BCUT2D eigenvalue weighted by atomic mass is 10.3. The first-order chi connectivity index (χ1) is 13.5. The quantitative estimate of drug-likeness (QED) is 0.829. The molecule has 1 saturated heterocycles. The average Bonchev–Trinajstić information content (AvgIpc) is 2.70. The predicted molar refractivity (Wildman–Crippen MR) is 105 cm³/mol. The molecule has 1 heterocycles. The van der Waals surface area contributed by atoms with Crippen molar-refractivity contribution in [1.29, 1.82) is 0 Å². The normalized spacial score (nSPS) is 14.4. The lowest BCUT2D eigenvalue weighted by Gasteiger charge is -2.34. The number of urea groups is 1.